The summed E-state index contributed by atoms with van der Waals surface area (Å²) in [6.07, 6.45) is -11.0. The zero-order valence-electron chi connectivity index (χ0n) is 21.9. The molecule has 1 aromatic rings. The van der Waals surface area contributed by atoms with Gasteiger partial charge in [-0.05, 0) is 13.0 Å². The average molecular weight is 602 g/mol. The highest BCUT2D eigenvalue weighted by atomic mass is 32.2. The fraction of sp³-hybridized carbons (Fsp3) is 0.609. The lowest BCUT2D eigenvalue weighted by Gasteiger charge is -2.35. The fourth-order valence-corrected chi connectivity index (χ4v) is 5.59. The van der Waals surface area contributed by atoms with Crippen molar-refractivity contribution < 1.29 is 48.7 Å². The molecule has 0 aliphatic carbocycles. The molecule has 3 amide bonds. The maximum Gasteiger partial charge on any atom is 0.330 e. The van der Waals surface area contributed by atoms with Gasteiger partial charge in [-0.1, -0.05) is 0 Å². The van der Waals surface area contributed by atoms with Crippen molar-refractivity contribution in [1.82, 2.24) is 20.2 Å². The van der Waals surface area contributed by atoms with Crippen LogP contribution in [0.15, 0.2) is 33.7 Å². The number of nitrogens with one attached hydrogen (secondary N) is 3. The molecule has 41 heavy (non-hydrogen) atoms. The van der Waals surface area contributed by atoms with E-state index in [1.54, 1.807) is 0 Å². The Morgan fingerprint density at radius 1 is 1.22 bits per heavy atom. The number of aromatic amines is 1. The number of hydrogen-bond acceptors (Lipinski definition) is 13. The molecule has 17 nitrogen and oxygen atoms in total. The van der Waals surface area contributed by atoms with Crippen LogP contribution < -0.4 is 27.6 Å². The molecule has 0 spiro atoms. The first-order valence-electron chi connectivity index (χ1n) is 12.5. The molecule has 226 valence electrons. The van der Waals surface area contributed by atoms with Gasteiger partial charge in [-0.25, -0.2) is 4.79 Å². The molecule has 0 saturated carbocycles. The molecule has 1 aromatic heterocycles. The van der Waals surface area contributed by atoms with Gasteiger partial charge in [0.25, 0.3) is 11.5 Å². The largest absolute Gasteiger partial charge is 0.456 e. The zero-order chi connectivity index (χ0) is 30.0. The third kappa shape index (κ3) is 6.64. The van der Waals surface area contributed by atoms with E-state index >= 15 is 0 Å². The highest BCUT2D eigenvalue weighted by Gasteiger charge is 2.52. The van der Waals surface area contributed by atoms with Crippen molar-refractivity contribution in [2.24, 2.45) is 5.73 Å². The molecule has 4 rings (SSSR count). The van der Waals surface area contributed by atoms with Gasteiger partial charge in [0, 0.05) is 36.9 Å². The number of ether oxygens (including phenoxy) is 4. The van der Waals surface area contributed by atoms with Gasteiger partial charge in [-0.3, -0.25) is 28.7 Å². The van der Waals surface area contributed by atoms with Crippen LogP contribution in [0.5, 0.6) is 0 Å². The summed E-state index contributed by atoms with van der Waals surface area (Å²) in [5.41, 5.74) is 3.92. The van der Waals surface area contributed by atoms with Crippen LogP contribution in [0, 0.1) is 0 Å². The lowest BCUT2D eigenvalue weighted by molar-refractivity contribution is -0.241. The third-order valence-corrected chi connectivity index (χ3v) is 7.89. The van der Waals surface area contributed by atoms with E-state index in [2.05, 4.69) is 10.6 Å². The quantitative estimate of drug-likeness (QED) is 0.148. The second-order valence-corrected chi connectivity index (χ2v) is 10.7. The Hall–Kier alpha value is -3.26. The summed E-state index contributed by atoms with van der Waals surface area (Å²) >= 11 is 1.45. The van der Waals surface area contributed by atoms with Crippen LogP contribution in [-0.2, 0) is 33.3 Å². The number of aromatic nitrogens is 2. The minimum atomic E-state index is -1.85. The van der Waals surface area contributed by atoms with Gasteiger partial charge in [-0.2, -0.15) is 11.8 Å². The molecule has 2 saturated heterocycles. The molecular weight excluding hydrogens is 570 g/mol. The number of amides is 3. The number of methoxy groups -OCH3 is 1. The predicted molar refractivity (Wildman–Crippen MR) is 138 cm³/mol. The van der Waals surface area contributed by atoms with Crippen LogP contribution in [0.3, 0.4) is 0 Å². The summed E-state index contributed by atoms with van der Waals surface area (Å²) in [6.45, 7) is 1.82. The van der Waals surface area contributed by atoms with Crippen molar-refractivity contribution in [2.45, 2.75) is 68.1 Å². The Labute approximate surface area is 236 Å². The molecular formula is C23H31N5O12S. The van der Waals surface area contributed by atoms with Crippen molar-refractivity contribution >= 4 is 29.5 Å². The molecule has 4 heterocycles. The molecule has 0 aromatic carbocycles. The normalized spacial score (nSPS) is 34.5. The second kappa shape index (κ2) is 12.7. The van der Waals surface area contributed by atoms with Gasteiger partial charge >= 0.3 is 5.69 Å². The van der Waals surface area contributed by atoms with E-state index in [4.69, 9.17) is 24.7 Å². The Bertz CT molecular complexity index is 1300. The zero-order valence-corrected chi connectivity index (χ0v) is 22.7. The number of aliphatic hydroxyl groups is 3. The van der Waals surface area contributed by atoms with E-state index in [9.17, 15) is 39.3 Å². The lowest BCUT2D eigenvalue weighted by Crippen LogP contribution is -2.54. The SMILES string of the molecule is CO[C@H]1[C@@H](O)[C@H](n2ccc(=O)[nH]c2=O)O[C@@H]1[C@H](O[C@H]1OC(C(=O)N[C@H]2CSC[C@@H](C)NC2=O)=C[C@H](O)[C@@H]1O)C(N)=O. The minimum absolute atomic E-state index is 0.102. The van der Waals surface area contributed by atoms with E-state index in [0.29, 0.717) is 5.75 Å². The van der Waals surface area contributed by atoms with Gasteiger partial charge in [0.2, 0.25) is 18.1 Å². The van der Waals surface area contributed by atoms with Crippen molar-refractivity contribution in [3.8, 4) is 0 Å². The Morgan fingerprint density at radius 3 is 2.61 bits per heavy atom. The van der Waals surface area contributed by atoms with Crippen molar-refractivity contribution in [3.63, 3.8) is 0 Å². The minimum Gasteiger partial charge on any atom is -0.456 e. The Morgan fingerprint density at radius 2 is 1.95 bits per heavy atom. The summed E-state index contributed by atoms with van der Waals surface area (Å²) in [4.78, 5) is 63.5. The third-order valence-electron chi connectivity index (χ3n) is 6.59. The number of nitrogens with zero attached hydrogens (tertiary/aromatic N) is 1. The first-order chi connectivity index (χ1) is 19.4. The molecule has 0 radical (unpaired) electrons. The number of thioether (sulfide) groups is 1. The Balaban J connectivity index is 1.51. The van der Waals surface area contributed by atoms with Crippen molar-refractivity contribution in [2.75, 3.05) is 18.6 Å². The molecule has 8 N–H and O–H groups in total. The number of primary amides is 1. The maximum atomic E-state index is 12.9. The van der Waals surface area contributed by atoms with Crippen molar-refractivity contribution in [1.29, 1.82) is 0 Å². The molecule has 2 fully saturated rings. The van der Waals surface area contributed by atoms with Crippen LogP contribution in [0.25, 0.3) is 0 Å². The molecule has 10 atom stereocenters. The second-order valence-electron chi connectivity index (χ2n) is 9.63. The highest BCUT2D eigenvalue weighted by Crippen LogP contribution is 2.34. The summed E-state index contributed by atoms with van der Waals surface area (Å²) in [5.74, 6) is -2.04. The number of aliphatic hydroxyl groups excluding tert-OH is 3. The number of rotatable bonds is 8. The highest BCUT2D eigenvalue weighted by molar-refractivity contribution is 7.99. The first kappa shape index (κ1) is 30.7. The topological polar surface area (TPSA) is 254 Å². The first-order valence-corrected chi connectivity index (χ1v) is 13.6. The van der Waals surface area contributed by atoms with E-state index in [-0.39, 0.29) is 11.8 Å². The van der Waals surface area contributed by atoms with E-state index in [1.807, 2.05) is 11.9 Å². The van der Waals surface area contributed by atoms with Gasteiger partial charge in [0.05, 0.1) is 0 Å². The van der Waals surface area contributed by atoms with Crippen LogP contribution in [-0.4, -0.2) is 116 Å². The summed E-state index contributed by atoms with van der Waals surface area (Å²) in [5, 5.41) is 36.9. The fourth-order valence-electron chi connectivity index (χ4n) is 4.55. The predicted octanol–water partition coefficient (Wildman–Crippen LogP) is -4.62. The smallest absolute Gasteiger partial charge is 0.330 e. The molecule has 18 heteroatoms. The summed E-state index contributed by atoms with van der Waals surface area (Å²) in [6, 6.07) is 0.00146. The van der Waals surface area contributed by atoms with Crippen LogP contribution in [0.1, 0.15) is 13.2 Å². The van der Waals surface area contributed by atoms with Gasteiger partial charge < -0.3 is 50.6 Å². The molecule has 0 bridgehead atoms. The van der Waals surface area contributed by atoms with Crippen LogP contribution in [0.4, 0.5) is 0 Å². The van der Waals surface area contributed by atoms with E-state index in [0.717, 1.165) is 22.9 Å². The summed E-state index contributed by atoms with van der Waals surface area (Å²) < 4.78 is 22.9. The average Bonchev–Trinajstić information content (AvgIpc) is 3.14. The van der Waals surface area contributed by atoms with Crippen molar-refractivity contribution in [3.05, 3.63) is 44.9 Å². The number of carbonyl (C=O) groups excluding carboxylic acids is 3. The number of hydrogen-bond donors (Lipinski definition) is 7. The molecule has 3 aliphatic heterocycles. The molecule has 3 aliphatic rings. The van der Waals surface area contributed by atoms with E-state index in [1.165, 1.54) is 18.9 Å². The van der Waals surface area contributed by atoms with Crippen LogP contribution in [0.2, 0.25) is 0 Å². The lowest BCUT2D eigenvalue weighted by atomic mass is 10.0. The number of H-pyrrole nitrogens is 1. The van der Waals surface area contributed by atoms with E-state index < -0.39 is 89.9 Å². The van der Waals surface area contributed by atoms with Gasteiger partial charge in [0.1, 0.15) is 36.6 Å². The number of carbonyl (C=O) groups is 3. The van der Waals surface area contributed by atoms with Crippen LogP contribution >= 0.6 is 11.8 Å². The standard InChI is InChI=1S/C23H31N5O12S/c1-8-6-41-7-9(19(34)25-8)26-20(35)11-5-10(29)13(31)22(38-11)40-17(18(24)33)16-15(37-2)14(32)21(39-16)28-4-3-12(30)27-23(28)36/h3-5,8-10,13-17,21-22,29,31-32H,6-7H2,1-2H3,(H2,24,33)(H,25,34)(H,26,35)(H,27,30,36)/t8-,9+,10+,13+,14-,15+,16+,17+,21-,22-/m1/s1. The van der Waals surface area contributed by atoms with Gasteiger partial charge in [0.15, 0.2) is 18.1 Å². The number of nitrogens with two attached hydrogens (primary N) is 1. The molecule has 0 unspecified atom stereocenters. The maximum absolute atomic E-state index is 12.9. The van der Waals surface area contributed by atoms with Gasteiger partial charge in [-0.15, -0.1) is 0 Å². The monoisotopic (exact) mass is 601 g/mol. The Kier molecular flexibility index (Phi) is 9.52. The summed E-state index contributed by atoms with van der Waals surface area (Å²) in [7, 11) is 1.18.